The molecule has 1 aliphatic heterocycles. The standard InChI is InChI=1S/C28H24Cl2N2O5S/c1-3-36-23-13-19(12-21(30)26(23)37-16-18-8-10-20(29)11-9-18)14-24-27(34)32(28(35)38-24)15-25(33)31-22-7-5-4-6-17(22)2/h4-14H,3,15-16H2,1-2H3,(H,31,33)/b24-14+. The van der Waals surface area contributed by atoms with Crippen LogP contribution in [0.15, 0.2) is 65.6 Å². The van der Waals surface area contributed by atoms with Crippen LogP contribution >= 0.6 is 35.0 Å². The van der Waals surface area contributed by atoms with E-state index in [-0.39, 0.29) is 16.5 Å². The van der Waals surface area contributed by atoms with Crippen molar-refractivity contribution in [1.29, 1.82) is 0 Å². The summed E-state index contributed by atoms with van der Waals surface area (Å²) in [6.07, 6.45) is 1.54. The molecule has 1 fully saturated rings. The molecule has 0 atom stereocenters. The van der Waals surface area contributed by atoms with Crippen molar-refractivity contribution in [2.75, 3.05) is 18.5 Å². The summed E-state index contributed by atoms with van der Waals surface area (Å²) >= 11 is 13.2. The van der Waals surface area contributed by atoms with Crippen LogP contribution in [0.2, 0.25) is 10.0 Å². The molecule has 3 aromatic rings. The van der Waals surface area contributed by atoms with Gasteiger partial charge < -0.3 is 14.8 Å². The van der Waals surface area contributed by atoms with Crippen LogP contribution in [0.5, 0.6) is 11.5 Å². The molecule has 0 radical (unpaired) electrons. The van der Waals surface area contributed by atoms with E-state index in [9.17, 15) is 14.4 Å². The summed E-state index contributed by atoms with van der Waals surface area (Å²) in [5.74, 6) is -0.262. The predicted molar refractivity (Wildman–Crippen MR) is 151 cm³/mol. The van der Waals surface area contributed by atoms with Crippen molar-refractivity contribution < 1.29 is 23.9 Å². The Morgan fingerprint density at radius 3 is 2.50 bits per heavy atom. The predicted octanol–water partition coefficient (Wildman–Crippen LogP) is 6.95. The highest BCUT2D eigenvalue weighted by atomic mass is 35.5. The number of hydrogen-bond donors (Lipinski definition) is 1. The van der Waals surface area contributed by atoms with Gasteiger partial charge in [-0.3, -0.25) is 19.3 Å². The minimum atomic E-state index is -0.558. The summed E-state index contributed by atoms with van der Waals surface area (Å²) in [6, 6.07) is 17.8. The second kappa shape index (κ2) is 12.4. The zero-order chi connectivity index (χ0) is 27.2. The van der Waals surface area contributed by atoms with Gasteiger partial charge in [0.05, 0.1) is 16.5 Å². The van der Waals surface area contributed by atoms with Gasteiger partial charge >= 0.3 is 0 Å². The molecule has 0 aromatic heterocycles. The Bertz CT molecular complexity index is 1410. The molecule has 0 spiro atoms. The smallest absolute Gasteiger partial charge is 0.294 e. The molecule has 1 N–H and O–H groups in total. The van der Waals surface area contributed by atoms with Gasteiger partial charge in [0.25, 0.3) is 11.1 Å². The lowest BCUT2D eigenvalue weighted by Crippen LogP contribution is -2.36. The fourth-order valence-corrected chi connectivity index (χ4v) is 4.88. The van der Waals surface area contributed by atoms with Gasteiger partial charge in [-0.25, -0.2) is 0 Å². The van der Waals surface area contributed by atoms with Crippen molar-refractivity contribution in [2.24, 2.45) is 0 Å². The van der Waals surface area contributed by atoms with Gasteiger partial charge in [0.15, 0.2) is 11.5 Å². The van der Waals surface area contributed by atoms with Gasteiger partial charge in [-0.2, -0.15) is 0 Å². The van der Waals surface area contributed by atoms with E-state index in [0.717, 1.165) is 27.8 Å². The van der Waals surface area contributed by atoms with Gasteiger partial charge in [-0.1, -0.05) is 53.5 Å². The highest BCUT2D eigenvalue weighted by Gasteiger charge is 2.36. The number of anilines is 1. The molecule has 3 aromatic carbocycles. The molecule has 1 heterocycles. The Balaban J connectivity index is 1.49. The van der Waals surface area contributed by atoms with Crippen molar-refractivity contribution in [3.8, 4) is 11.5 Å². The van der Waals surface area contributed by atoms with Crippen LogP contribution in [0.3, 0.4) is 0 Å². The quantitative estimate of drug-likeness (QED) is 0.280. The van der Waals surface area contributed by atoms with Gasteiger partial charge in [0.1, 0.15) is 13.2 Å². The number of ether oxygens (including phenoxy) is 2. The summed E-state index contributed by atoms with van der Waals surface area (Å²) < 4.78 is 11.7. The number of rotatable bonds is 9. The molecule has 3 amide bonds. The average Bonchev–Trinajstić information content (AvgIpc) is 3.13. The number of para-hydroxylation sites is 1. The van der Waals surface area contributed by atoms with E-state index in [2.05, 4.69) is 5.32 Å². The maximum absolute atomic E-state index is 13.0. The largest absolute Gasteiger partial charge is 0.490 e. The molecular weight excluding hydrogens is 547 g/mol. The van der Waals surface area contributed by atoms with Crippen LogP contribution in [-0.4, -0.2) is 35.1 Å². The first-order valence-corrected chi connectivity index (χ1v) is 13.3. The number of benzene rings is 3. The normalized spacial score (nSPS) is 14.2. The SMILES string of the molecule is CCOc1cc(/C=C2/SC(=O)N(CC(=O)Nc3ccccc3C)C2=O)cc(Cl)c1OCc1ccc(Cl)cc1. The summed E-state index contributed by atoms with van der Waals surface area (Å²) in [4.78, 5) is 39.1. The molecule has 1 aliphatic rings. The average molecular weight is 571 g/mol. The fourth-order valence-electron chi connectivity index (χ4n) is 3.64. The number of nitrogens with zero attached hydrogens (tertiary/aromatic N) is 1. The zero-order valence-electron chi connectivity index (χ0n) is 20.6. The van der Waals surface area contributed by atoms with E-state index in [0.29, 0.717) is 34.4 Å². The van der Waals surface area contributed by atoms with Crippen molar-refractivity contribution in [3.05, 3.63) is 92.3 Å². The van der Waals surface area contributed by atoms with E-state index in [1.54, 1.807) is 42.5 Å². The Morgan fingerprint density at radius 1 is 1.05 bits per heavy atom. The van der Waals surface area contributed by atoms with Crippen molar-refractivity contribution in [3.63, 3.8) is 0 Å². The van der Waals surface area contributed by atoms with Crippen LogP contribution in [-0.2, 0) is 16.2 Å². The first kappa shape index (κ1) is 27.6. The summed E-state index contributed by atoms with van der Waals surface area (Å²) in [5, 5.41) is 3.12. The zero-order valence-corrected chi connectivity index (χ0v) is 23.0. The number of thioether (sulfide) groups is 1. The molecule has 0 bridgehead atoms. The summed E-state index contributed by atoms with van der Waals surface area (Å²) in [5.41, 5.74) is 2.94. The van der Waals surface area contributed by atoms with Crippen LogP contribution in [0.1, 0.15) is 23.6 Å². The first-order chi connectivity index (χ1) is 18.2. The number of imide groups is 1. The topological polar surface area (TPSA) is 84.9 Å². The maximum Gasteiger partial charge on any atom is 0.294 e. The lowest BCUT2D eigenvalue weighted by atomic mass is 10.1. The van der Waals surface area contributed by atoms with E-state index in [4.69, 9.17) is 32.7 Å². The Hall–Kier alpha value is -3.46. The lowest BCUT2D eigenvalue weighted by Gasteiger charge is -2.15. The van der Waals surface area contributed by atoms with Crippen molar-refractivity contribution in [1.82, 2.24) is 4.90 Å². The first-order valence-electron chi connectivity index (χ1n) is 11.7. The second-order valence-corrected chi connectivity index (χ2v) is 10.1. The monoisotopic (exact) mass is 570 g/mol. The third-order valence-corrected chi connectivity index (χ3v) is 6.96. The fraction of sp³-hybridized carbons (Fsp3) is 0.179. The number of amides is 3. The van der Waals surface area contributed by atoms with Crippen LogP contribution in [0.25, 0.3) is 6.08 Å². The van der Waals surface area contributed by atoms with E-state index in [1.807, 2.05) is 38.1 Å². The number of nitrogens with one attached hydrogen (secondary N) is 1. The maximum atomic E-state index is 13.0. The molecule has 0 aliphatic carbocycles. The minimum absolute atomic E-state index is 0.173. The molecule has 1 saturated heterocycles. The van der Waals surface area contributed by atoms with Crippen molar-refractivity contribution >= 4 is 63.8 Å². The van der Waals surface area contributed by atoms with E-state index >= 15 is 0 Å². The molecule has 4 rings (SSSR count). The van der Waals surface area contributed by atoms with Crippen LogP contribution in [0.4, 0.5) is 10.5 Å². The molecule has 7 nitrogen and oxygen atoms in total. The molecule has 0 unspecified atom stereocenters. The third-order valence-electron chi connectivity index (χ3n) is 5.52. The third kappa shape index (κ3) is 6.69. The number of halogens is 2. The highest BCUT2D eigenvalue weighted by Crippen LogP contribution is 2.39. The molecule has 0 saturated carbocycles. The lowest BCUT2D eigenvalue weighted by molar-refractivity contribution is -0.127. The molecule has 196 valence electrons. The van der Waals surface area contributed by atoms with Gasteiger partial charge in [-0.05, 0) is 78.7 Å². The minimum Gasteiger partial charge on any atom is -0.490 e. The van der Waals surface area contributed by atoms with E-state index in [1.165, 1.54) is 0 Å². The Labute approximate surface area is 234 Å². The molecule has 10 heteroatoms. The molecular formula is C28H24Cl2N2O5S. The van der Waals surface area contributed by atoms with Gasteiger partial charge in [-0.15, -0.1) is 0 Å². The van der Waals surface area contributed by atoms with Crippen LogP contribution < -0.4 is 14.8 Å². The number of aryl methyl sites for hydroxylation is 1. The summed E-state index contributed by atoms with van der Waals surface area (Å²) in [7, 11) is 0. The Kier molecular flexibility index (Phi) is 8.99. The number of carbonyl (C=O) groups excluding carboxylic acids is 3. The van der Waals surface area contributed by atoms with Gasteiger partial charge in [0, 0.05) is 10.7 Å². The Morgan fingerprint density at radius 2 is 1.79 bits per heavy atom. The van der Waals surface area contributed by atoms with E-state index < -0.39 is 23.6 Å². The van der Waals surface area contributed by atoms with Crippen LogP contribution in [0, 0.1) is 6.92 Å². The molecule has 38 heavy (non-hydrogen) atoms. The highest BCUT2D eigenvalue weighted by molar-refractivity contribution is 8.18. The summed E-state index contributed by atoms with van der Waals surface area (Å²) in [6.45, 7) is 3.91. The second-order valence-electron chi connectivity index (χ2n) is 8.31. The van der Waals surface area contributed by atoms with Gasteiger partial charge in [0.2, 0.25) is 5.91 Å². The number of hydrogen-bond acceptors (Lipinski definition) is 6. The number of carbonyl (C=O) groups is 3. The van der Waals surface area contributed by atoms with Crippen molar-refractivity contribution in [2.45, 2.75) is 20.5 Å².